The number of hydrogen-bond donors (Lipinski definition) is 1. The normalized spacial score (nSPS) is 10.9. The minimum atomic E-state index is -1.10. The van der Waals surface area contributed by atoms with Crippen molar-refractivity contribution in [1.29, 1.82) is 0 Å². The lowest BCUT2D eigenvalue weighted by Crippen LogP contribution is -2.35. The third-order valence-electron chi connectivity index (χ3n) is 3.61. The van der Waals surface area contributed by atoms with Gasteiger partial charge in [0.1, 0.15) is 12.3 Å². The van der Waals surface area contributed by atoms with Crippen molar-refractivity contribution in [2.75, 3.05) is 6.54 Å². The van der Waals surface area contributed by atoms with Crippen LogP contribution in [0.5, 0.6) is 0 Å². The number of furan rings is 1. The zero-order valence-electron chi connectivity index (χ0n) is 12.8. The molecule has 1 aromatic carbocycles. The second-order valence-corrected chi connectivity index (χ2v) is 5.62. The lowest BCUT2D eigenvalue weighted by atomic mass is 10.1. The quantitative estimate of drug-likeness (QED) is 0.766. The maximum atomic E-state index is 12.7. The molecule has 124 valence electrons. The number of hydrogen-bond acceptors (Lipinski definition) is 4. The van der Waals surface area contributed by atoms with E-state index in [1.54, 1.807) is 41.9 Å². The summed E-state index contributed by atoms with van der Waals surface area (Å²) in [7, 11) is 1.74. The number of nitrogens with zero attached hydrogens (tertiary/aromatic N) is 3. The van der Waals surface area contributed by atoms with Gasteiger partial charge in [-0.2, -0.15) is 0 Å². The predicted molar refractivity (Wildman–Crippen MR) is 86.8 cm³/mol. The largest absolute Gasteiger partial charge is 0.480 e. The van der Waals surface area contributed by atoms with Crippen molar-refractivity contribution >= 4 is 34.5 Å². The Hall–Kier alpha value is -2.80. The molecule has 7 nitrogen and oxygen atoms in total. The van der Waals surface area contributed by atoms with Gasteiger partial charge in [0.15, 0.2) is 0 Å². The number of fused-ring (bicyclic) bond motifs is 1. The predicted octanol–water partition coefficient (Wildman–Crippen LogP) is 2.55. The third-order valence-corrected chi connectivity index (χ3v) is 3.95. The van der Waals surface area contributed by atoms with Crippen LogP contribution in [0.4, 0.5) is 0 Å². The smallest absolute Gasteiger partial charge is 0.323 e. The van der Waals surface area contributed by atoms with Crippen molar-refractivity contribution in [2.45, 2.75) is 6.54 Å². The molecule has 24 heavy (non-hydrogen) atoms. The summed E-state index contributed by atoms with van der Waals surface area (Å²) in [5.41, 5.74) is 1.71. The van der Waals surface area contributed by atoms with E-state index >= 15 is 0 Å². The van der Waals surface area contributed by atoms with E-state index in [0.29, 0.717) is 27.6 Å². The summed E-state index contributed by atoms with van der Waals surface area (Å²) in [6, 6.07) is 8.30. The van der Waals surface area contributed by atoms with Crippen LogP contribution in [0.2, 0.25) is 5.28 Å². The number of carboxylic acids is 1. The molecule has 2 aromatic heterocycles. The number of carbonyl (C=O) groups is 2. The van der Waals surface area contributed by atoms with Crippen LogP contribution < -0.4 is 0 Å². The minimum Gasteiger partial charge on any atom is -0.480 e. The van der Waals surface area contributed by atoms with Gasteiger partial charge in [-0.1, -0.05) is 0 Å². The molecule has 0 unspecified atom stereocenters. The third kappa shape index (κ3) is 3.11. The van der Waals surface area contributed by atoms with Gasteiger partial charge in [-0.15, -0.1) is 0 Å². The molecule has 3 rings (SSSR count). The number of halogens is 1. The lowest BCUT2D eigenvalue weighted by molar-refractivity contribution is -0.137. The maximum Gasteiger partial charge on any atom is 0.323 e. The summed E-state index contributed by atoms with van der Waals surface area (Å²) in [6.45, 7) is -0.355. The summed E-state index contributed by atoms with van der Waals surface area (Å²) < 4.78 is 6.86. The van der Waals surface area contributed by atoms with E-state index in [1.807, 2.05) is 0 Å². The van der Waals surface area contributed by atoms with Gasteiger partial charge in [0, 0.05) is 12.6 Å². The van der Waals surface area contributed by atoms with Crippen molar-refractivity contribution < 1.29 is 19.1 Å². The molecule has 0 aliphatic heterocycles. The molecule has 0 aliphatic carbocycles. The average molecular weight is 348 g/mol. The zero-order chi connectivity index (χ0) is 17.3. The SMILES string of the molecule is Cn1c(Cl)nc2ccc(C(=O)N(CC(=O)O)Cc3ccco3)cc21. The van der Waals surface area contributed by atoms with Gasteiger partial charge >= 0.3 is 5.97 Å². The van der Waals surface area contributed by atoms with Crippen LogP contribution in [0.15, 0.2) is 41.0 Å². The molecule has 2 heterocycles. The number of carboxylic acid groups (broad SMARTS) is 1. The minimum absolute atomic E-state index is 0.0717. The van der Waals surface area contributed by atoms with E-state index < -0.39 is 18.4 Å². The first kappa shape index (κ1) is 16.1. The highest BCUT2D eigenvalue weighted by Crippen LogP contribution is 2.21. The van der Waals surface area contributed by atoms with Crippen molar-refractivity contribution in [3.8, 4) is 0 Å². The Bertz CT molecular complexity index is 902. The molecule has 8 heteroatoms. The van der Waals surface area contributed by atoms with E-state index in [4.69, 9.17) is 21.1 Å². The van der Waals surface area contributed by atoms with Crippen LogP contribution in [-0.4, -0.2) is 38.0 Å². The second kappa shape index (κ2) is 6.37. The molecule has 0 saturated carbocycles. The van der Waals surface area contributed by atoms with E-state index in [2.05, 4.69) is 4.98 Å². The fraction of sp³-hybridized carbons (Fsp3) is 0.188. The molecule has 1 N–H and O–H groups in total. The van der Waals surface area contributed by atoms with Gasteiger partial charge in [-0.05, 0) is 41.9 Å². The number of aliphatic carboxylic acids is 1. The van der Waals surface area contributed by atoms with Crippen LogP contribution in [0.25, 0.3) is 11.0 Å². The first-order chi connectivity index (χ1) is 11.5. The highest BCUT2D eigenvalue weighted by atomic mass is 35.5. The second-order valence-electron chi connectivity index (χ2n) is 5.28. The number of amides is 1. The summed E-state index contributed by atoms with van der Waals surface area (Å²) >= 11 is 5.98. The van der Waals surface area contributed by atoms with Crippen molar-refractivity contribution in [3.63, 3.8) is 0 Å². The molecule has 0 radical (unpaired) electrons. The van der Waals surface area contributed by atoms with Crippen LogP contribution >= 0.6 is 11.6 Å². The number of carbonyl (C=O) groups excluding carboxylic acids is 1. The monoisotopic (exact) mass is 347 g/mol. The zero-order valence-corrected chi connectivity index (χ0v) is 13.5. The Morgan fingerprint density at radius 1 is 1.38 bits per heavy atom. The number of benzene rings is 1. The fourth-order valence-electron chi connectivity index (χ4n) is 2.43. The Labute approximate surface area is 142 Å². The van der Waals surface area contributed by atoms with Gasteiger partial charge < -0.3 is 19.0 Å². The molecule has 3 aromatic rings. The Balaban J connectivity index is 1.93. The summed E-state index contributed by atoms with van der Waals surface area (Å²) in [4.78, 5) is 29.2. The van der Waals surface area contributed by atoms with E-state index in [9.17, 15) is 9.59 Å². The standard InChI is InChI=1S/C16H14ClN3O4/c1-19-13-7-10(4-5-12(13)18-16(19)17)15(23)20(9-14(21)22)8-11-3-2-6-24-11/h2-7H,8-9H2,1H3,(H,21,22). The van der Waals surface area contributed by atoms with Crippen molar-refractivity contribution in [2.24, 2.45) is 7.05 Å². The summed E-state index contributed by atoms with van der Waals surface area (Å²) in [5.74, 6) is -0.998. The van der Waals surface area contributed by atoms with Crippen molar-refractivity contribution in [1.82, 2.24) is 14.5 Å². The van der Waals surface area contributed by atoms with Crippen LogP contribution in [0, 0.1) is 0 Å². The lowest BCUT2D eigenvalue weighted by Gasteiger charge is -2.19. The van der Waals surface area contributed by atoms with Gasteiger partial charge in [0.05, 0.1) is 23.8 Å². The van der Waals surface area contributed by atoms with E-state index in [0.717, 1.165) is 0 Å². The highest BCUT2D eigenvalue weighted by molar-refractivity contribution is 6.29. The number of aromatic nitrogens is 2. The first-order valence-corrected chi connectivity index (χ1v) is 7.49. The maximum absolute atomic E-state index is 12.7. The molecular weight excluding hydrogens is 334 g/mol. The number of imidazole rings is 1. The molecule has 1 amide bonds. The molecule has 0 aliphatic rings. The molecule has 0 spiro atoms. The van der Waals surface area contributed by atoms with Crippen LogP contribution in [0.3, 0.4) is 0 Å². The van der Waals surface area contributed by atoms with Gasteiger partial charge in [-0.25, -0.2) is 4.98 Å². The molecular formula is C16H14ClN3O4. The Kier molecular flexibility index (Phi) is 4.26. The van der Waals surface area contributed by atoms with Crippen LogP contribution in [-0.2, 0) is 18.4 Å². The van der Waals surface area contributed by atoms with E-state index in [1.165, 1.54) is 11.2 Å². The van der Waals surface area contributed by atoms with Gasteiger partial charge in [-0.3, -0.25) is 9.59 Å². The highest BCUT2D eigenvalue weighted by Gasteiger charge is 2.21. The molecule has 0 saturated heterocycles. The average Bonchev–Trinajstić information content (AvgIpc) is 3.14. The van der Waals surface area contributed by atoms with Gasteiger partial charge in [0.25, 0.3) is 5.91 Å². The summed E-state index contributed by atoms with van der Waals surface area (Å²) in [6.07, 6.45) is 1.47. The molecule has 0 fully saturated rings. The number of aryl methyl sites for hydroxylation is 1. The topological polar surface area (TPSA) is 88.6 Å². The Morgan fingerprint density at radius 3 is 2.83 bits per heavy atom. The van der Waals surface area contributed by atoms with Gasteiger partial charge in [0.2, 0.25) is 5.28 Å². The van der Waals surface area contributed by atoms with E-state index in [-0.39, 0.29) is 6.54 Å². The molecule has 0 atom stereocenters. The van der Waals surface area contributed by atoms with Crippen LogP contribution in [0.1, 0.15) is 16.1 Å². The summed E-state index contributed by atoms with van der Waals surface area (Å²) in [5, 5.41) is 9.38. The number of rotatable bonds is 5. The first-order valence-electron chi connectivity index (χ1n) is 7.11. The van der Waals surface area contributed by atoms with Crippen molar-refractivity contribution in [3.05, 3.63) is 53.2 Å². The Morgan fingerprint density at radius 2 is 2.17 bits per heavy atom. The fourth-order valence-corrected chi connectivity index (χ4v) is 2.61. The molecule has 0 bridgehead atoms.